The van der Waals surface area contributed by atoms with Crippen LogP contribution in [-0.2, 0) is 6.18 Å². The zero-order chi connectivity index (χ0) is 23.1. The van der Waals surface area contributed by atoms with E-state index in [9.17, 15) is 18.0 Å². The summed E-state index contributed by atoms with van der Waals surface area (Å²) in [4.78, 5) is 25.8. The zero-order valence-electron chi connectivity index (χ0n) is 17.2. The number of carbonyl (C=O) groups is 1. The highest BCUT2D eigenvalue weighted by Crippen LogP contribution is 2.46. The van der Waals surface area contributed by atoms with Crippen molar-refractivity contribution in [2.45, 2.75) is 54.2 Å². The standard InChI is InChI=1S/C20H24F3N7OS/c21-20(22,23)14-11(3-2-8-27-14)32-18-15(25)29-17(13(28-18)16(26)31)30-9-6-19(7-10-30)5-1-4-12(19)24/h2-3,8,12H,1,4-7,9-10,24H2,(H2,25,29)(H2,26,31)/t12-/m1/s1. The third-order valence-electron chi connectivity index (χ3n) is 6.38. The number of alkyl halides is 3. The molecule has 0 radical (unpaired) electrons. The maximum atomic E-state index is 13.3. The van der Waals surface area contributed by atoms with Crippen molar-refractivity contribution in [2.75, 3.05) is 23.7 Å². The normalized spacial score (nSPS) is 20.6. The number of carbonyl (C=O) groups excluding carboxylic acids is 1. The van der Waals surface area contributed by atoms with Gasteiger partial charge in [0.15, 0.2) is 23.0 Å². The maximum absolute atomic E-state index is 13.3. The smallest absolute Gasteiger partial charge is 0.381 e. The van der Waals surface area contributed by atoms with Gasteiger partial charge in [-0.2, -0.15) is 13.2 Å². The topological polar surface area (TPSA) is 137 Å². The molecule has 32 heavy (non-hydrogen) atoms. The Labute approximate surface area is 187 Å². The minimum atomic E-state index is -4.65. The number of nitrogens with two attached hydrogens (primary N) is 3. The van der Waals surface area contributed by atoms with Crippen LogP contribution >= 0.6 is 11.8 Å². The van der Waals surface area contributed by atoms with E-state index in [-0.39, 0.29) is 38.7 Å². The minimum absolute atomic E-state index is 0.0349. The van der Waals surface area contributed by atoms with E-state index in [1.54, 1.807) is 0 Å². The summed E-state index contributed by atoms with van der Waals surface area (Å²) in [6, 6.07) is 2.80. The van der Waals surface area contributed by atoms with Crippen molar-refractivity contribution in [3.63, 3.8) is 0 Å². The predicted octanol–water partition coefficient (Wildman–Crippen LogP) is 2.82. The quantitative estimate of drug-likeness (QED) is 0.624. The van der Waals surface area contributed by atoms with Crippen LogP contribution in [0.2, 0.25) is 0 Å². The first-order valence-electron chi connectivity index (χ1n) is 10.3. The molecule has 2 aromatic heterocycles. The van der Waals surface area contributed by atoms with Gasteiger partial charge < -0.3 is 22.1 Å². The molecule has 1 saturated heterocycles. The first-order chi connectivity index (χ1) is 15.1. The van der Waals surface area contributed by atoms with E-state index in [0.717, 1.165) is 38.3 Å². The van der Waals surface area contributed by atoms with Gasteiger partial charge in [-0.15, -0.1) is 0 Å². The second kappa shape index (κ2) is 8.39. The first kappa shape index (κ1) is 22.6. The number of anilines is 2. The lowest BCUT2D eigenvalue weighted by Gasteiger charge is -2.42. The molecule has 0 unspecified atom stereocenters. The van der Waals surface area contributed by atoms with Crippen LogP contribution in [0.5, 0.6) is 0 Å². The van der Waals surface area contributed by atoms with Crippen molar-refractivity contribution in [1.29, 1.82) is 0 Å². The Morgan fingerprint density at radius 3 is 2.53 bits per heavy atom. The summed E-state index contributed by atoms with van der Waals surface area (Å²) in [7, 11) is 0. The fourth-order valence-electron chi connectivity index (χ4n) is 4.62. The van der Waals surface area contributed by atoms with E-state index in [1.807, 2.05) is 4.90 Å². The molecule has 1 aliphatic carbocycles. The number of aromatic nitrogens is 3. The highest BCUT2D eigenvalue weighted by Gasteiger charge is 2.43. The monoisotopic (exact) mass is 467 g/mol. The molecule has 1 spiro atoms. The molecule has 3 heterocycles. The summed E-state index contributed by atoms with van der Waals surface area (Å²) in [5.41, 5.74) is 16.8. The number of amides is 1. The van der Waals surface area contributed by atoms with E-state index in [4.69, 9.17) is 17.2 Å². The van der Waals surface area contributed by atoms with Crippen molar-refractivity contribution in [2.24, 2.45) is 16.9 Å². The van der Waals surface area contributed by atoms with Gasteiger partial charge >= 0.3 is 6.18 Å². The van der Waals surface area contributed by atoms with Gasteiger partial charge in [0, 0.05) is 30.2 Å². The summed E-state index contributed by atoms with van der Waals surface area (Å²) >= 11 is 0.646. The van der Waals surface area contributed by atoms with Gasteiger partial charge in [-0.1, -0.05) is 18.2 Å². The zero-order valence-corrected chi connectivity index (χ0v) is 18.0. The van der Waals surface area contributed by atoms with Crippen LogP contribution in [-0.4, -0.2) is 40.0 Å². The second-order valence-corrected chi connectivity index (χ2v) is 9.28. The third-order valence-corrected chi connectivity index (χ3v) is 7.43. The molecular formula is C20H24F3N7OS. The highest BCUT2D eigenvalue weighted by atomic mass is 32.2. The van der Waals surface area contributed by atoms with Crippen molar-refractivity contribution in [1.82, 2.24) is 15.0 Å². The van der Waals surface area contributed by atoms with Crippen molar-refractivity contribution in [3.8, 4) is 0 Å². The summed E-state index contributed by atoms with van der Waals surface area (Å²) in [6.07, 6.45) is 1.33. The molecule has 172 valence electrons. The van der Waals surface area contributed by atoms with Crippen molar-refractivity contribution in [3.05, 3.63) is 29.7 Å². The van der Waals surface area contributed by atoms with E-state index >= 15 is 0 Å². The van der Waals surface area contributed by atoms with Crippen LogP contribution in [0.15, 0.2) is 28.3 Å². The molecule has 4 rings (SSSR count). The molecule has 0 aromatic carbocycles. The van der Waals surface area contributed by atoms with Crippen LogP contribution in [0.25, 0.3) is 0 Å². The molecule has 2 aliphatic rings. The van der Waals surface area contributed by atoms with Gasteiger partial charge in [-0.25, -0.2) is 9.97 Å². The highest BCUT2D eigenvalue weighted by molar-refractivity contribution is 7.99. The molecule has 1 amide bonds. The number of piperidine rings is 1. The van der Waals surface area contributed by atoms with Crippen LogP contribution in [0.3, 0.4) is 0 Å². The van der Waals surface area contributed by atoms with Crippen molar-refractivity contribution >= 4 is 29.3 Å². The number of rotatable bonds is 4. The number of pyridine rings is 1. The van der Waals surface area contributed by atoms with Crippen LogP contribution < -0.4 is 22.1 Å². The Balaban J connectivity index is 1.62. The van der Waals surface area contributed by atoms with Gasteiger partial charge in [-0.3, -0.25) is 9.78 Å². The molecule has 12 heteroatoms. The molecule has 6 N–H and O–H groups in total. The molecule has 1 aliphatic heterocycles. The molecular weight excluding hydrogens is 443 g/mol. The lowest BCUT2D eigenvalue weighted by atomic mass is 9.74. The predicted molar refractivity (Wildman–Crippen MR) is 114 cm³/mol. The first-order valence-corrected chi connectivity index (χ1v) is 11.1. The lowest BCUT2D eigenvalue weighted by Crippen LogP contribution is -2.47. The lowest BCUT2D eigenvalue weighted by molar-refractivity contribution is -0.143. The minimum Gasteiger partial charge on any atom is -0.381 e. The maximum Gasteiger partial charge on any atom is 0.434 e. The van der Waals surface area contributed by atoms with E-state index in [1.165, 1.54) is 12.1 Å². The number of nitrogens with zero attached hydrogens (tertiary/aromatic N) is 4. The number of halogens is 3. The molecule has 1 saturated carbocycles. The molecule has 1 atom stereocenters. The van der Waals surface area contributed by atoms with Crippen molar-refractivity contribution < 1.29 is 18.0 Å². The number of nitrogen functional groups attached to an aromatic ring is 1. The SMILES string of the molecule is NC(=O)c1nc(Sc2cccnc2C(F)(F)F)c(N)nc1N1CCC2(CCC[C@H]2N)CC1. The summed E-state index contributed by atoms with van der Waals surface area (Å²) in [6.45, 7) is 1.24. The summed E-state index contributed by atoms with van der Waals surface area (Å²) in [5.74, 6) is -0.651. The summed E-state index contributed by atoms with van der Waals surface area (Å²) < 4.78 is 39.9. The van der Waals surface area contributed by atoms with Crippen LogP contribution in [0.1, 0.15) is 48.3 Å². The Hall–Kier alpha value is -2.60. The Morgan fingerprint density at radius 2 is 1.94 bits per heavy atom. The van der Waals surface area contributed by atoms with Gasteiger partial charge in [0.2, 0.25) is 0 Å². The molecule has 2 fully saturated rings. The van der Waals surface area contributed by atoms with Gasteiger partial charge in [0.05, 0.1) is 0 Å². The number of hydrogen-bond acceptors (Lipinski definition) is 8. The van der Waals surface area contributed by atoms with Crippen LogP contribution in [0.4, 0.5) is 24.8 Å². The average molecular weight is 468 g/mol. The van der Waals surface area contributed by atoms with E-state index in [2.05, 4.69) is 15.0 Å². The fourth-order valence-corrected chi connectivity index (χ4v) is 5.53. The van der Waals surface area contributed by atoms with E-state index in [0.29, 0.717) is 24.9 Å². The number of primary amides is 1. The second-order valence-electron chi connectivity index (χ2n) is 8.25. The third kappa shape index (κ3) is 4.20. The number of hydrogen-bond donors (Lipinski definition) is 3. The Kier molecular flexibility index (Phi) is 5.93. The Morgan fingerprint density at radius 1 is 1.22 bits per heavy atom. The average Bonchev–Trinajstić information content (AvgIpc) is 3.09. The fraction of sp³-hybridized carbons (Fsp3) is 0.500. The molecule has 2 aromatic rings. The molecule has 8 nitrogen and oxygen atoms in total. The van der Waals surface area contributed by atoms with Gasteiger partial charge in [-0.05, 0) is 43.2 Å². The Bertz CT molecular complexity index is 1020. The molecule has 0 bridgehead atoms. The van der Waals surface area contributed by atoms with E-state index < -0.39 is 17.8 Å². The summed E-state index contributed by atoms with van der Waals surface area (Å²) in [5, 5.41) is -0.0349. The largest absolute Gasteiger partial charge is 0.434 e. The van der Waals surface area contributed by atoms with Gasteiger partial charge in [0.25, 0.3) is 5.91 Å². The van der Waals surface area contributed by atoms with Crippen LogP contribution in [0, 0.1) is 5.41 Å². The van der Waals surface area contributed by atoms with Gasteiger partial charge in [0.1, 0.15) is 5.03 Å².